The molecule has 0 unspecified atom stereocenters. The second-order valence-electron chi connectivity index (χ2n) is 5.84. The number of nitrogens with zero attached hydrogens (tertiary/aromatic N) is 1. The Morgan fingerprint density at radius 3 is 2.40 bits per heavy atom. The second-order valence-corrected chi connectivity index (χ2v) is 5.84. The van der Waals surface area contributed by atoms with Crippen LogP contribution in [0.2, 0.25) is 0 Å². The van der Waals surface area contributed by atoms with Crippen LogP contribution in [0.3, 0.4) is 0 Å². The van der Waals surface area contributed by atoms with Gasteiger partial charge in [0.2, 0.25) is 0 Å². The van der Waals surface area contributed by atoms with Crippen molar-refractivity contribution in [2.24, 2.45) is 0 Å². The van der Waals surface area contributed by atoms with Crippen LogP contribution in [-0.2, 0) is 0 Å². The molecule has 2 fully saturated rings. The molecule has 20 heavy (non-hydrogen) atoms. The Morgan fingerprint density at radius 2 is 1.80 bits per heavy atom. The van der Waals surface area contributed by atoms with Crippen LogP contribution in [0.4, 0.5) is 4.39 Å². The minimum atomic E-state index is -0.217. The molecule has 2 saturated heterocycles. The molecule has 0 bridgehead atoms. The van der Waals surface area contributed by atoms with E-state index >= 15 is 0 Å². The average molecular weight is 278 g/mol. The molecule has 2 atom stereocenters. The molecule has 0 spiro atoms. The molecule has 2 aliphatic rings. The van der Waals surface area contributed by atoms with E-state index < -0.39 is 0 Å². The predicted molar refractivity (Wildman–Crippen MR) is 77.5 cm³/mol. The molecule has 2 aliphatic heterocycles. The van der Waals surface area contributed by atoms with Gasteiger partial charge >= 0.3 is 0 Å². The summed E-state index contributed by atoms with van der Waals surface area (Å²) < 4.78 is 18.8. The summed E-state index contributed by atoms with van der Waals surface area (Å²) in [5.74, 6) is 0.545. The Balaban J connectivity index is 1.49. The van der Waals surface area contributed by atoms with Crippen LogP contribution < -0.4 is 10.1 Å². The summed E-state index contributed by atoms with van der Waals surface area (Å²) in [5.41, 5.74) is 0. The molecule has 0 amide bonds. The zero-order valence-electron chi connectivity index (χ0n) is 11.9. The smallest absolute Gasteiger partial charge is 0.128 e. The first-order valence-electron chi connectivity index (χ1n) is 7.69. The highest BCUT2D eigenvalue weighted by molar-refractivity contribution is 5.23. The van der Waals surface area contributed by atoms with Crippen molar-refractivity contribution in [3.05, 3.63) is 30.1 Å². The molecule has 3 nitrogen and oxygen atoms in total. The summed E-state index contributed by atoms with van der Waals surface area (Å²) in [7, 11) is 0. The molecule has 1 N–H and O–H groups in total. The van der Waals surface area contributed by atoms with Crippen LogP contribution >= 0.6 is 0 Å². The van der Waals surface area contributed by atoms with Gasteiger partial charge in [0.15, 0.2) is 0 Å². The molecule has 110 valence electrons. The number of hydrogen-bond acceptors (Lipinski definition) is 3. The van der Waals surface area contributed by atoms with Crippen molar-refractivity contribution in [1.29, 1.82) is 0 Å². The summed E-state index contributed by atoms with van der Waals surface area (Å²) in [4.78, 5) is 2.55. The molecule has 0 saturated carbocycles. The van der Waals surface area contributed by atoms with Gasteiger partial charge in [0, 0.05) is 13.1 Å². The Kier molecular flexibility index (Phi) is 4.53. The fraction of sp³-hybridized carbons (Fsp3) is 0.625. The van der Waals surface area contributed by atoms with Crippen molar-refractivity contribution >= 4 is 0 Å². The third-order valence-electron chi connectivity index (χ3n) is 4.28. The molecule has 4 heteroatoms. The minimum absolute atomic E-state index is 0.212. The van der Waals surface area contributed by atoms with Crippen molar-refractivity contribution in [2.45, 2.75) is 37.8 Å². The van der Waals surface area contributed by atoms with E-state index in [0.717, 1.165) is 18.8 Å². The van der Waals surface area contributed by atoms with Crippen molar-refractivity contribution in [1.82, 2.24) is 10.2 Å². The molecule has 2 heterocycles. The molecule has 1 aromatic carbocycles. The average Bonchev–Trinajstić information content (AvgIpc) is 2.71. The predicted octanol–water partition coefficient (Wildman–Crippen LogP) is 2.42. The number of rotatable bonds is 4. The number of hydrogen-bond donors (Lipinski definition) is 1. The summed E-state index contributed by atoms with van der Waals surface area (Å²) in [6.45, 7) is 4.37. The van der Waals surface area contributed by atoms with Gasteiger partial charge < -0.3 is 15.0 Å². The zero-order valence-corrected chi connectivity index (χ0v) is 11.9. The molecule has 0 radical (unpaired) electrons. The lowest BCUT2D eigenvalue weighted by molar-refractivity contribution is 0.0603. The van der Waals surface area contributed by atoms with Crippen LogP contribution in [-0.4, -0.2) is 43.2 Å². The van der Waals surface area contributed by atoms with Crippen molar-refractivity contribution in [2.75, 3.05) is 26.2 Å². The van der Waals surface area contributed by atoms with Gasteiger partial charge in [0.05, 0.1) is 6.04 Å². The van der Waals surface area contributed by atoms with Crippen LogP contribution in [0.15, 0.2) is 24.3 Å². The zero-order chi connectivity index (χ0) is 13.8. The Morgan fingerprint density at radius 1 is 1.10 bits per heavy atom. The van der Waals surface area contributed by atoms with Crippen LogP contribution in [0, 0.1) is 5.82 Å². The molecular formula is C16H23FN2O. The van der Waals surface area contributed by atoms with E-state index in [-0.39, 0.29) is 11.9 Å². The van der Waals surface area contributed by atoms with Crippen LogP contribution in [0.25, 0.3) is 0 Å². The van der Waals surface area contributed by atoms with Gasteiger partial charge in [0.25, 0.3) is 0 Å². The lowest BCUT2D eigenvalue weighted by atomic mass is 10.0. The maximum absolute atomic E-state index is 12.9. The first kappa shape index (κ1) is 13.8. The fourth-order valence-electron chi connectivity index (χ4n) is 2.97. The van der Waals surface area contributed by atoms with E-state index in [9.17, 15) is 4.39 Å². The number of nitrogens with one attached hydrogen (secondary N) is 1. The second kappa shape index (κ2) is 6.55. The fourth-order valence-corrected chi connectivity index (χ4v) is 2.97. The first-order valence-corrected chi connectivity index (χ1v) is 7.69. The van der Waals surface area contributed by atoms with Crippen molar-refractivity contribution in [3.8, 4) is 5.75 Å². The largest absolute Gasteiger partial charge is 0.487 e. The van der Waals surface area contributed by atoms with Crippen LogP contribution in [0.1, 0.15) is 25.7 Å². The summed E-state index contributed by atoms with van der Waals surface area (Å²) in [6, 6.07) is 6.71. The highest BCUT2D eigenvalue weighted by Crippen LogP contribution is 2.19. The van der Waals surface area contributed by atoms with E-state index in [1.807, 2.05) is 0 Å². The van der Waals surface area contributed by atoms with E-state index in [2.05, 4.69) is 10.2 Å². The SMILES string of the molecule is Fc1ccc(O[C@@H]2CN[C@@H]2CN2CCCCCC2)cc1. The lowest BCUT2D eigenvalue weighted by Crippen LogP contribution is -2.64. The maximum Gasteiger partial charge on any atom is 0.128 e. The Labute approximate surface area is 120 Å². The highest BCUT2D eigenvalue weighted by Gasteiger charge is 2.33. The van der Waals surface area contributed by atoms with Gasteiger partial charge in [-0.05, 0) is 50.2 Å². The van der Waals surface area contributed by atoms with Crippen molar-refractivity contribution < 1.29 is 9.13 Å². The summed E-state index contributed by atoms with van der Waals surface area (Å²) >= 11 is 0. The lowest BCUT2D eigenvalue weighted by Gasteiger charge is -2.40. The van der Waals surface area contributed by atoms with E-state index in [4.69, 9.17) is 4.74 Å². The first-order chi connectivity index (χ1) is 9.81. The van der Waals surface area contributed by atoms with Gasteiger partial charge in [-0.15, -0.1) is 0 Å². The number of halogens is 1. The number of likely N-dealkylation sites (tertiary alicyclic amines) is 1. The Bertz CT molecular complexity index is 415. The molecular weight excluding hydrogens is 255 g/mol. The molecule has 1 aromatic rings. The number of ether oxygens (including phenoxy) is 1. The standard InChI is InChI=1S/C16H23FN2O/c17-13-5-7-14(8-6-13)20-16-11-18-15(16)12-19-9-3-1-2-4-10-19/h5-8,15-16,18H,1-4,9-12H2/t15-,16-/m1/s1. The third-order valence-corrected chi connectivity index (χ3v) is 4.28. The van der Waals surface area contributed by atoms with Gasteiger partial charge in [-0.3, -0.25) is 0 Å². The van der Waals surface area contributed by atoms with E-state index in [1.54, 1.807) is 12.1 Å². The Hall–Kier alpha value is -1.13. The normalized spacial score (nSPS) is 27.6. The highest BCUT2D eigenvalue weighted by atomic mass is 19.1. The quantitative estimate of drug-likeness (QED) is 0.915. The topological polar surface area (TPSA) is 24.5 Å². The number of benzene rings is 1. The molecule has 0 aliphatic carbocycles. The van der Waals surface area contributed by atoms with Crippen LogP contribution in [0.5, 0.6) is 5.75 Å². The van der Waals surface area contributed by atoms with Gasteiger partial charge in [-0.1, -0.05) is 12.8 Å². The molecule has 0 aromatic heterocycles. The van der Waals surface area contributed by atoms with Gasteiger partial charge in [-0.25, -0.2) is 4.39 Å². The third kappa shape index (κ3) is 3.49. The monoisotopic (exact) mass is 278 g/mol. The minimum Gasteiger partial charge on any atom is -0.487 e. The summed E-state index contributed by atoms with van der Waals surface area (Å²) in [6.07, 6.45) is 5.57. The van der Waals surface area contributed by atoms with Gasteiger partial charge in [-0.2, -0.15) is 0 Å². The van der Waals surface area contributed by atoms with Crippen molar-refractivity contribution in [3.63, 3.8) is 0 Å². The van der Waals surface area contributed by atoms with E-state index in [1.165, 1.54) is 50.9 Å². The molecule has 3 rings (SSSR count). The maximum atomic E-state index is 12.9. The van der Waals surface area contributed by atoms with E-state index in [0.29, 0.717) is 6.04 Å². The van der Waals surface area contributed by atoms with Gasteiger partial charge in [0.1, 0.15) is 17.7 Å². The summed E-state index contributed by atoms with van der Waals surface area (Å²) in [5, 5.41) is 3.45.